The molecule has 0 radical (unpaired) electrons. The van der Waals surface area contributed by atoms with Crippen molar-refractivity contribution in [2.45, 2.75) is 25.7 Å². The van der Waals surface area contributed by atoms with Gasteiger partial charge in [-0.3, -0.25) is 9.59 Å². The molecule has 0 N–H and O–H groups in total. The quantitative estimate of drug-likeness (QED) is 0.740. The highest BCUT2D eigenvalue weighted by molar-refractivity contribution is 6.10. The van der Waals surface area contributed by atoms with Crippen LogP contribution in [0.3, 0.4) is 0 Å². The minimum atomic E-state index is -0.0851. The lowest BCUT2D eigenvalue weighted by molar-refractivity contribution is -0.117. The SMILES string of the molecule is O=C1CCC(N(CC#CCN(C2=NC(=O)CC2)c2ccccc2)c2ccccc2)=N1. The minimum Gasteiger partial charge on any atom is -0.318 e. The van der Waals surface area contributed by atoms with Crippen LogP contribution in [0.25, 0.3) is 0 Å². The number of hydrogen-bond donors (Lipinski definition) is 0. The zero-order valence-electron chi connectivity index (χ0n) is 16.6. The van der Waals surface area contributed by atoms with Crippen molar-refractivity contribution in [1.82, 2.24) is 0 Å². The van der Waals surface area contributed by atoms with Crippen LogP contribution in [-0.2, 0) is 9.59 Å². The molecule has 0 saturated heterocycles. The van der Waals surface area contributed by atoms with Crippen molar-refractivity contribution in [3.05, 3.63) is 60.7 Å². The van der Waals surface area contributed by atoms with Crippen LogP contribution in [0.5, 0.6) is 0 Å². The number of para-hydroxylation sites is 2. The zero-order valence-corrected chi connectivity index (χ0v) is 16.6. The number of carbonyl (C=O) groups is 2. The summed E-state index contributed by atoms with van der Waals surface area (Å²) in [5.74, 6) is 7.77. The van der Waals surface area contributed by atoms with Gasteiger partial charge in [-0.1, -0.05) is 48.2 Å². The summed E-state index contributed by atoms with van der Waals surface area (Å²) in [6.45, 7) is 0.869. The molecule has 2 aliphatic rings. The second-order valence-corrected chi connectivity index (χ2v) is 7.04. The van der Waals surface area contributed by atoms with E-state index < -0.39 is 0 Å². The summed E-state index contributed by atoms with van der Waals surface area (Å²) in [6, 6.07) is 19.7. The first-order valence-electron chi connectivity index (χ1n) is 10.0. The standard InChI is InChI=1S/C24H22N4O2/c29-23-15-13-21(25-23)27(19-9-3-1-4-10-19)17-7-8-18-28(20-11-5-2-6-12-20)22-14-16-24(30)26-22/h1-6,9-12H,13-18H2. The lowest BCUT2D eigenvalue weighted by Gasteiger charge is -2.23. The Hall–Kier alpha value is -3.72. The summed E-state index contributed by atoms with van der Waals surface area (Å²) < 4.78 is 0. The number of benzene rings is 2. The number of amidine groups is 2. The van der Waals surface area contributed by atoms with Gasteiger partial charge in [-0.05, 0) is 24.3 Å². The van der Waals surface area contributed by atoms with E-state index in [2.05, 4.69) is 21.8 Å². The molecule has 0 unspecified atom stereocenters. The van der Waals surface area contributed by atoms with Crippen LogP contribution in [0.1, 0.15) is 25.7 Å². The van der Waals surface area contributed by atoms with Gasteiger partial charge in [-0.2, -0.15) is 9.98 Å². The Morgan fingerprint density at radius 1 is 0.633 bits per heavy atom. The molecule has 0 saturated carbocycles. The van der Waals surface area contributed by atoms with Gasteiger partial charge in [0.1, 0.15) is 11.7 Å². The van der Waals surface area contributed by atoms with Gasteiger partial charge in [0.05, 0.1) is 13.1 Å². The first-order valence-corrected chi connectivity index (χ1v) is 10.0. The van der Waals surface area contributed by atoms with E-state index in [4.69, 9.17) is 0 Å². The van der Waals surface area contributed by atoms with Gasteiger partial charge in [-0.25, -0.2) is 0 Å². The number of aliphatic imine (C=N–C) groups is 2. The average Bonchev–Trinajstić information content (AvgIpc) is 3.40. The molecule has 0 aliphatic carbocycles. The molecule has 2 heterocycles. The van der Waals surface area contributed by atoms with Gasteiger partial charge in [0.2, 0.25) is 11.8 Å². The van der Waals surface area contributed by atoms with Crippen molar-refractivity contribution in [1.29, 1.82) is 0 Å². The fourth-order valence-electron chi connectivity index (χ4n) is 3.49. The highest BCUT2D eigenvalue weighted by atomic mass is 16.2. The molecule has 6 nitrogen and oxygen atoms in total. The topological polar surface area (TPSA) is 65.3 Å². The van der Waals surface area contributed by atoms with E-state index in [9.17, 15) is 9.59 Å². The predicted molar refractivity (Wildman–Crippen MR) is 119 cm³/mol. The van der Waals surface area contributed by atoms with E-state index in [1.54, 1.807) is 0 Å². The minimum absolute atomic E-state index is 0.0851. The van der Waals surface area contributed by atoms with Gasteiger partial charge < -0.3 is 9.80 Å². The molecule has 150 valence electrons. The maximum Gasteiger partial charge on any atom is 0.247 e. The van der Waals surface area contributed by atoms with Crippen molar-refractivity contribution >= 4 is 34.9 Å². The smallest absolute Gasteiger partial charge is 0.247 e. The Labute approximate surface area is 175 Å². The Morgan fingerprint density at radius 2 is 1.03 bits per heavy atom. The van der Waals surface area contributed by atoms with Crippen molar-refractivity contribution in [2.75, 3.05) is 22.9 Å². The van der Waals surface area contributed by atoms with E-state index in [0.717, 1.165) is 23.0 Å². The molecule has 0 bridgehead atoms. The molecule has 6 heteroatoms. The van der Waals surface area contributed by atoms with E-state index in [0.29, 0.717) is 38.8 Å². The normalized spacial score (nSPS) is 15.3. The van der Waals surface area contributed by atoms with E-state index in [-0.39, 0.29) is 11.8 Å². The molecular formula is C24H22N4O2. The van der Waals surface area contributed by atoms with Crippen molar-refractivity contribution in [3.63, 3.8) is 0 Å². The summed E-state index contributed by atoms with van der Waals surface area (Å²) in [4.78, 5) is 35.6. The largest absolute Gasteiger partial charge is 0.318 e. The highest BCUT2D eigenvalue weighted by Crippen LogP contribution is 2.20. The molecule has 0 atom stereocenters. The summed E-state index contributed by atoms with van der Waals surface area (Å²) >= 11 is 0. The molecule has 0 fully saturated rings. The summed E-state index contributed by atoms with van der Waals surface area (Å²) in [5.41, 5.74) is 1.93. The van der Waals surface area contributed by atoms with E-state index in [1.165, 1.54) is 0 Å². The fourth-order valence-corrected chi connectivity index (χ4v) is 3.49. The summed E-state index contributed by atoms with van der Waals surface area (Å²) in [6.07, 6.45) is 2.15. The number of anilines is 2. The van der Waals surface area contributed by atoms with Crippen LogP contribution in [0.2, 0.25) is 0 Å². The predicted octanol–water partition coefficient (Wildman–Crippen LogP) is 3.44. The lowest BCUT2D eigenvalue weighted by Crippen LogP contribution is -2.31. The maximum absolute atomic E-state index is 11.6. The monoisotopic (exact) mass is 398 g/mol. The Morgan fingerprint density at radius 3 is 1.37 bits per heavy atom. The number of hydrogen-bond acceptors (Lipinski definition) is 4. The van der Waals surface area contributed by atoms with Crippen LogP contribution in [0.15, 0.2) is 70.6 Å². The molecule has 2 aliphatic heterocycles. The Balaban J connectivity index is 1.52. The first-order chi connectivity index (χ1) is 14.7. The summed E-state index contributed by atoms with van der Waals surface area (Å²) in [5, 5.41) is 0. The number of nitrogens with zero attached hydrogens (tertiary/aromatic N) is 4. The zero-order chi connectivity index (χ0) is 20.8. The Kier molecular flexibility index (Phi) is 6.00. The van der Waals surface area contributed by atoms with E-state index in [1.807, 2.05) is 70.5 Å². The van der Waals surface area contributed by atoms with Gasteiger partial charge in [0.15, 0.2) is 0 Å². The van der Waals surface area contributed by atoms with Crippen molar-refractivity contribution < 1.29 is 9.59 Å². The number of rotatable bonds is 4. The first kappa shape index (κ1) is 19.6. The number of carbonyl (C=O) groups excluding carboxylic acids is 2. The summed E-state index contributed by atoms with van der Waals surface area (Å²) in [7, 11) is 0. The van der Waals surface area contributed by atoms with Crippen molar-refractivity contribution in [3.8, 4) is 11.8 Å². The van der Waals surface area contributed by atoms with Crippen LogP contribution in [-0.4, -0.2) is 36.6 Å². The second-order valence-electron chi connectivity index (χ2n) is 7.04. The molecular weight excluding hydrogens is 376 g/mol. The number of amides is 2. The second kappa shape index (κ2) is 9.19. The van der Waals surface area contributed by atoms with Gasteiger partial charge >= 0.3 is 0 Å². The lowest BCUT2D eigenvalue weighted by atomic mass is 10.2. The molecule has 30 heavy (non-hydrogen) atoms. The molecule has 4 rings (SSSR count). The van der Waals surface area contributed by atoms with Crippen LogP contribution in [0, 0.1) is 11.8 Å². The molecule has 0 aromatic heterocycles. The third kappa shape index (κ3) is 4.64. The average molecular weight is 398 g/mol. The molecule has 2 aromatic carbocycles. The fraction of sp³-hybridized carbons (Fsp3) is 0.250. The van der Waals surface area contributed by atoms with Gasteiger partial charge in [0.25, 0.3) is 0 Å². The molecule has 0 spiro atoms. The maximum atomic E-state index is 11.6. The van der Waals surface area contributed by atoms with Gasteiger partial charge in [-0.15, -0.1) is 0 Å². The third-order valence-electron chi connectivity index (χ3n) is 4.99. The third-order valence-corrected chi connectivity index (χ3v) is 4.99. The molecule has 2 amide bonds. The van der Waals surface area contributed by atoms with Crippen molar-refractivity contribution in [2.24, 2.45) is 9.98 Å². The Bertz CT molecular complexity index is 965. The molecule has 2 aromatic rings. The van der Waals surface area contributed by atoms with Crippen LogP contribution in [0.4, 0.5) is 11.4 Å². The van der Waals surface area contributed by atoms with Crippen LogP contribution < -0.4 is 9.80 Å². The van der Waals surface area contributed by atoms with E-state index >= 15 is 0 Å². The van der Waals surface area contributed by atoms with Crippen LogP contribution >= 0.6 is 0 Å². The highest BCUT2D eigenvalue weighted by Gasteiger charge is 2.22. The van der Waals surface area contributed by atoms with Gasteiger partial charge in [0, 0.05) is 37.1 Å².